The van der Waals surface area contributed by atoms with E-state index in [1.165, 1.54) is 4.57 Å². The van der Waals surface area contributed by atoms with Crippen LogP contribution in [0.2, 0.25) is 0 Å². The number of aromatic nitrogens is 2. The summed E-state index contributed by atoms with van der Waals surface area (Å²) in [4.78, 5) is 4.86. The van der Waals surface area contributed by atoms with E-state index >= 15 is 0 Å². The van der Waals surface area contributed by atoms with Crippen LogP contribution in [0, 0.1) is 0 Å². The first-order chi connectivity index (χ1) is 25.5. The minimum atomic E-state index is -0.580. The van der Waals surface area contributed by atoms with Crippen molar-refractivity contribution in [3.05, 3.63) is 133 Å². The van der Waals surface area contributed by atoms with Gasteiger partial charge in [-0.15, -0.1) is 0 Å². The molecule has 0 aliphatic carbocycles. The Hall–Kier alpha value is -5.87. The SMILES string of the molecule is [2H]c1c([2H])c([2H])c2c([2H])c3c(c([2H])c2c1[2H])c1c([2H])c([2H])c([2H])c([2H])c1n3-c1ccc2oc3cc4ccccc4cc3c2c1-c1nc2ccccc2o1. The van der Waals surface area contributed by atoms with E-state index in [1.54, 1.807) is 24.3 Å². The largest absolute Gasteiger partial charge is 0.456 e. The molecule has 7 aromatic carbocycles. The van der Waals surface area contributed by atoms with Crippen LogP contribution in [-0.4, -0.2) is 9.55 Å². The highest BCUT2D eigenvalue weighted by molar-refractivity contribution is 6.19. The van der Waals surface area contributed by atoms with Crippen LogP contribution in [0.3, 0.4) is 0 Å². The highest BCUT2D eigenvalue weighted by Gasteiger charge is 2.24. The summed E-state index contributed by atoms with van der Waals surface area (Å²) in [5, 5.41) is 2.65. The van der Waals surface area contributed by atoms with Gasteiger partial charge in [0.25, 0.3) is 0 Å². The van der Waals surface area contributed by atoms with E-state index in [0.29, 0.717) is 38.6 Å². The smallest absolute Gasteiger partial charge is 0.230 e. The fourth-order valence-corrected chi connectivity index (χ4v) is 6.15. The first-order valence-corrected chi connectivity index (χ1v) is 13.7. The second kappa shape index (κ2) is 8.34. The van der Waals surface area contributed by atoms with Gasteiger partial charge in [-0.3, -0.25) is 0 Å². The fourth-order valence-electron chi connectivity index (χ4n) is 6.15. The third-order valence-corrected chi connectivity index (χ3v) is 8.01. The summed E-state index contributed by atoms with van der Waals surface area (Å²) in [5.74, 6) is 0.166. The first-order valence-electron chi connectivity index (χ1n) is 18.7. The zero-order chi connectivity index (χ0) is 36.8. The molecule has 0 atom stereocenters. The molecule has 0 saturated carbocycles. The van der Waals surface area contributed by atoms with Gasteiger partial charge in [-0.2, -0.15) is 0 Å². The van der Waals surface area contributed by atoms with Gasteiger partial charge in [0.2, 0.25) is 5.89 Å². The van der Waals surface area contributed by atoms with E-state index < -0.39 is 54.4 Å². The zero-order valence-corrected chi connectivity index (χ0v) is 22.1. The molecule has 0 saturated heterocycles. The maximum absolute atomic E-state index is 9.60. The van der Waals surface area contributed by atoms with E-state index in [-0.39, 0.29) is 50.2 Å². The number of para-hydroxylation sites is 3. The number of hydrogen-bond donors (Lipinski definition) is 0. The second-order valence-corrected chi connectivity index (χ2v) is 10.4. The van der Waals surface area contributed by atoms with Gasteiger partial charge in [-0.05, 0) is 76.1 Å². The monoisotopic (exact) mass is 560 g/mol. The van der Waals surface area contributed by atoms with E-state index in [0.717, 1.165) is 10.8 Å². The predicted octanol–water partition coefficient (Wildman–Crippen LogP) is 10.8. The summed E-state index contributed by atoms with van der Waals surface area (Å²) in [6, 6.07) is 17.4. The summed E-state index contributed by atoms with van der Waals surface area (Å²) in [7, 11) is 0. The molecular formula is C39H22N2O2. The standard InChI is InChI=1S/C39H22N2O2/c1-3-11-25-21-33-28(19-23(25)9-1)27-13-5-7-15-31(27)41(33)32-17-18-35-37(38(32)39-40-30-14-6-8-16-34(30)43-39)29-20-24-10-2-4-12-26(24)22-36(29)42-35/h1-22H/i1D,3D,5D,7D,9D,11D,13D,15D,19D,21D. The van der Waals surface area contributed by atoms with Gasteiger partial charge in [-0.1, -0.05) is 78.7 Å². The summed E-state index contributed by atoms with van der Waals surface area (Å²) in [6.45, 7) is 0. The van der Waals surface area contributed by atoms with E-state index in [9.17, 15) is 4.11 Å². The molecule has 0 radical (unpaired) electrons. The molecule has 4 heteroatoms. The Kier molecular flexibility index (Phi) is 2.98. The number of rotatable bonds is 2. The second-order valence-electron chi connectivity index (χ2n) is 10.4. The molecule has 0 spiro atoms. The lowest BCUT2D eigenvalue weighted by molar-refractivity contribution is 0.620. The van der Waals surface area contributed by atoms with Crippen molar-refractivity contribution < 1.29 is 22.5 Å². The molecule has 0 unspecified atom stereocenters. The van der Waals surface area contributed by atoms with Crippen LogP contribution < -0.4 is 0 Å². The molecule has 200 valence electrons. The minimum absolute atomic E-state index is 0.0375. The Bertz CT molecular complexity index is 3280. The molecule has 10 aromatic rings. The summed E-state index contributed by atoms with van der Waals surface area (Å²) in [6.07, 6.45) is 0. The fraction of sp³-hybridized carbons (Fsp3) is 0. The maximum atomic E-state index is 9.60. The molecule has 10 rings (SSSR count). The van der Waals surface area contributed by atoms with Crippen LogP contribution in [-0.2, 0) is 0 Å². The van der Waals surface area contributed by atoms with E-state index in [4.69, 9.17) is 23.4 Å². The topological polar surface area (TPSA) is 44.1 Å². The Balaban J connectivity index is 1.50. The first kappa shape index (κ1) is 15.4. The van der Waals surface area contributed by atoms with Crippen LogP contribution in [0.15, 0.2) is 142 Å². The van der Waals surface area contributed by atoms with E-state index in [1.807, 2.05) is 48.5 Å². The van der Waals surface area contributed by atoms with Crippen LogP contribution in [0.5, 0.6) is 0 Å². The van der Waals surface area contributed by atoms with Crippen molar-refractivity contribution in [1.82, 2.24) is 9.55 Å². The van der Waals surface area contributed by atoms with E-state index in [2.05, 4.69) is 0 Å². The van der Waals surface area contributed by atoms with Gasteiger partial charge in [0, 0.05) is 21.5 Å². The van der Waals surface area contributed by atoms with Crippen molar-refractivity contribution in [2.24, 2.45) is 0 Å². The lowest BCUT2D eigenvalue weighted by Gasteiger charge is -2.13. The number of oxazole rings is 1. The number of nitrogens with zero attached hydrogens (tertiary/aromatic N) is 2. The van der Waals surface area contributed by atoms with Crippen LogP contribution in [0.25, 0.3) is 93.5 Å². The number of benzene rings is 7. The number of fused-ring (bicyclic) bond motifs is 9. The van der Waals surface area contributed by atoms with Gasteiger partial charge in [0.05, 0.1) is 36.0 Å². The molecule has 3 aromatic heterocycles. The molecule has 0 aliphatic heterocycles. The maximum Gasteiger partial charge on any atom is 0.230 e. The van der Waals surface area contributed by atoms with Crippen molar-refractivity contribution in [2.45, 2.75) is 0 Å². The highest BCUT2D eigenvalue weighted by Crippen LogP contribution is 2.44. The minimum Gasteiger partial charge on any atom is -0.456 e. The Morgan fingerprint density at radius 3 is 2.23 bits per heavy atom. The van der Waals surface area contributed by atoms with Crippen molar-refractivity contribution in [3.63, 3.8) is 0 Å². The summed E-state index contributed by atoms with van der Waals surface area (Å²) >= 11 is 0. The van der Waals surface area contributed by atoms with Crippen LogP contribution in [0.1, 0.15) is 13.7 Å². The van der Waals surface area contributed by atoms with Crippen molar-refractivity contribution in [3.8, 4) is 17.1 Å². The average molecular weight is 561 g/mol. The highest BCUT2D eigenvalue weighted by atomic mass is 16.3. The third-order valence-electron chi connectivity index (χ3n) is 8.01. The van der Waals surface area contributed by atoms with Crippen molar-refractivity contribution in [1.29, 1.82) is 0 Å². The molecule has 3 heterocycles. The predicted molar refractivity (Wildman–Crippen MR) is 176 cm³/mol. The lowest BCUT2D eigenvalue weighted by Crippen LogP contribution is -1.98. The summed E-state index contributed by atoms with van der Waals surface area (Å²) in [5.41, 5.74) is 2.70. The molecular weight excluding hydrogens is 528 g/mol. The number of hydrogen-bond acceptors (Lipinski definition) is 3. The molecule has 0 aliphatic rings. The normalized spacial score (nSPS) is 15.4. The van der Waals surface area contributed by atoms with Gasteiger partial charge in [0.1, 0.15) is 16.7 Å². The average Bonchev–Trinajstić information content (AvgIpc) is 3.86. The quantitative estimate of drug-likeness (QED) is 0.211. The molecule has 0 amide bonds. The van der Waals surface area contributed by atoms with Crippen molar-refractivity contribution in [2.75, 3.05) is 0 Å². The third kappa shape index (κ3) is 3.18. The Labute approximate surface area is 259 Å². The van der Waals surface area contributed by atoms with Gasteiger partial charge >= 0.3 is 0 Å². The summed E-state index contributed by atoms with van der Waals surface area (Å²) < 4.78 is 103. The van der Waals surface area contributed by atoms with Crippen molar-refractivity contribution >= 4 is 76.4 Å². The Morgan fingerprint density at radius 1 is 0.581 bits per heavy atom. The molecule has 0 fully saturated rings. The van der Waals surface area contributed by atoms with Crippen LogP contribution >= 0.6 is 0 Å². The molecule has 0 N–H and O–H groups in total. The zero-order valence-electron chi connectivity index (χ0n) is 32.1. The van der Waals surface area contributed by atoms with Gasteiger partial charge in [0.15, 0.2) is 5.58 Å². The molecule has 4 nitrogen and oxygen atoms in total. The molecule has 43 heavy (non-hydrogen) atoms. The lowest BCUT2D eigenvalue weighted by atomic mass is 10.0. The number of furan rings is 1. The Morgan fingerprint density at radius 2 is 1.35 bits per heavy atom. The van der Waals surface area contributed by atoms with Gasteiger partial charge < -0.3 is 13.4 Å². The van der Waals surface area contributed by atoms with Crippen LogP contribution in [0.4, 0.5) is 0 Å². The molecule has 0 bridgehead atoms. The van der Waals surface area contributed by atoms with Gasteiger partial charge in [-0.25, -0.2) is 4.98 Å².